The highest BCUT2D eigenvalue weighted by Gasteiger charge is 2.36. The Hall–Kier alpha value is -3.22. The van der Waals surface area contributed by atoms with Crippen molar-refractivity contribution < 1.29 is 4.74 Å². The lowest BCUT2D eigenvalue weighted by molar-refractivity contribution is 0.345. The second-order valence-corrected chi connectivity index (χ2v) is 8.92. The highest BCUT2D eigenvalue weighted by molar-refractivity contribution is 5.72. The minimum absolute atomic E-state index is 0.00136. The van der Waals surface area contributed by atoms with Crippen LogP contribution in [0.1, 0.15) is 49.5 Å². The first kappa shape index (κ1) is 19.7. The van der Waals surface area contributed by atoms with Crippen molar-refractivity contribution in [2.75, 3.05) is 25.1 Å². The number of ether oxygens (including phenoxy) is 1. The third-order valence-corrected chi connectivity index (χ3v) is 6.62. The van der Waals surface area contributed by atoms with Crippen molar-refractivity contribution in [1.29, 1.82) is 0 Å². The Morgan fingerprint density at radius 1 is 1.10 bits per heavy atom. The molecule has 3 aromatic heterocycles. The summed E-state index contributed by atoms with van der Waals surface area (Å²) in [4.78, 5) is 24.4. The Kier molecular flexibility index (Phi) is 4.76. The molecule has 1 fully saturated rings. The standard InChI is InChI=1S/C24H28N6O/c1-15-11-18-19(12-15)26-14-27-22(18)30-9-7-24(3,8-10-30)23-28-16(2)21(29-23)17-5-6-20(31-4)25-13-17/h5-6,11,13-14H,7-10,12H2,1-4H3,(H,28,29). The molecule has 0 unspecified atom stereocenters. The second-order valence-electron chi connectivity index (χ2n) is 8.92. The molecule has 31 heavy (non-hydrogen) atoms. The van der Waals surface area contributed by atoms with Crippen LogP contribution in [0.15, 0.2) is 30.2 Å². The maximum Gasteiger partial charge on any atom is 0.212 e. The number of pyridine rings is 1. The predicted octanol–water partition coefficient (Wildman–Crippen LogP) is 4.10. The number of rotatable bonds is 4. The van der Waals surface area contributed by atoms with Gasteiger partial charge in [-0.3, -0.25) is 0 Å². The molecule has 0 atom stereocenters. The molecule has 0 spiro atoms. The fourth-order valence-electron chi connectivity index (χ4n) is 4.64. The minimum atomic E-state index is 0.00136. The first-order chi connectivity index (χ1) is 15.0. The van der Waals surface area contributed by atoms with Crippen LogP contribution in [0, 0.1) is 6.92 Å². The first-order valence-electron chi connectivity index (χ1n) is 10.8. The van der Waals surface area contributed by atoms with E-state index in [1.54, 1.807) is 13.4 Å². The SMILES string of the molecule is COc1ccc(-c2nc(C3(C)CCN(c4ncnc5c4C=C(C)C5)CC3)[nH]c2C)cn1. The highest BCUT2D eigenvalue weighted by Crippen LogP contribution is 2.38. The van der Waals surface area contributed by atoms with Gasteiger partial charge in [-0.1, -0.05) is 18.6 Å². The van der Waals surface area contributed by atoms with Gasteiger partial charge in [-0.2, -0.15) is 0 Å². The summed E-state index contributed by atoms with van der Waals surface area (Å²) >= 11 is 0. The van der Waals surface area contributed by atoms with Crippen LogP contribution < -0.4 is 9.64 Å². The van der Waals surface area contributed by atoms with Crippen LogP contribution in [0.25, 0.3) is 17.3 Å². The van der Waals surface area contributed by atoms with Gasteiger partial charge in [0.1, 0.15) is 18.0 Å². The van der Waals surface area contributed by atoms with E-state index in [9.17, 15) is 0 Å². The van der Waals surface area contributed by atoms with E-state index in [1.807, 2.05) is 18.3 Å². The number of hydrogen-bond acceptors (Lipinski definition) is 6. The number of nitrogens with zero attached hydrogens (tertiary/aromatic N) is 5. The molecule has 0 amide bonds. The van der Waals surface area contributed by atoms with Gasteiger partial charge < -0.3 is 14.6 Å². The van der Waals surface area contributed by atoms with Crippen LogP contribution in [-0.4, -0.2) is 45.1 Å². The molecule has 0 radical (unpaired) electrons. The van der Waals surface area contributed by atoms with Gasteiger partial charge >= 0.3 is 0 Å². The summed E-state index contributed by atoms with van der Waals surface area (Å²) in [6, 6.07) is 3.88. The number of aryl methyl sites for hydroxylation is 1. The third-order valence-electron chi connectivity index (χ3n) is 6.62. The van der Waals surface area contributed by atoms with Crippen LogP contribution in [-0.2, 0) is 11.8 Å². The summed E-state index contributed by atoms with van der Waals surface area (Å²) in [7, 11) is 1.63. The molecule has 7 heteroatoms. The van der Waals surface area contributed by atoms with Crippen molar-refractivity contribution in [2.45, 2.75) is 45.4 Å². The molecule has 1 saturated heterocycles. The zero-order valence-electron chi connectivity index (χ0n) is 18.6. The summed E-state index contributed by atoms with van der Waals surface area (Å²) in [5.74, 6) is 2.74. The molecule has 5 rings (SSSR count). The van der Waals surface area contributed by atoms with Crippen LogP contribution >= 0.6 is 0 Å². The molecular formula is C24H28N6O. The van der Waals surface area contributed by atoms with Crippen molar-refractivity contribution in [3.05, 3.63) is 53.0 Å². The molecule has 1 N–H and O–H groups in total. The van der Waals surface area contributed by atoms with E-state index < -0.39 is 0 Å². The molecular weight excluding hydrogens is 388 g/mol. The number of nitrogens with one attached hydrogen (secondary N) is 1. The molecule has 160 valence electrons. The number of anilines is 1. The van der Waals surface area contributed by atoms with E-state index >= 15 is 0 Å². The van der Waals surface area contributed by atoms with Crippen molar-refractivity contribution in [1.82, 2.24) is 24.9 Å². The van der Waals surface area contributed by atoms with Gasteiger partial charge in [-0.15, -0.1) is 0 Å². The van der Waals surface area contributed by atoms with E-state index in [4.69, 9.17) is 9.72 Å². The Balaban J connectivity index is 1.36. The molecule has 0 aromatic carbocycles. The van der Waals surface area contributed by atoms with Crippen molar-refractivity contribution in [3.8, 4) is 17.1 Å². The lowest BCUT2D eigenvalue weighted by Crippen LogP contribution is -2.42. The molecule has 2 aliphatic rings. The quantitative estimate of drug-likeness (QED) is 0.690. The zero-order chi connectivity index (χ0) is 21.6. The number of piperidine rings is 1. The van der Waals surface area contributed by atoms with Crippen molar-refractivity contribution in [3.63, 3.8) is 0 Å². The zero-order valence-corrected chi connectivity index (χ0v) is 18.6. The fourth-order valence-corrected chi connectivity index (χ4v) is 4.64. The summed E-state index contributed by atoms with van der Waals surface area (Å²) in [6.45, 7) is 8.45. The Morgan fingerprint density at radius 3 is 2.61 bits per heavy atom. The van der Waals surface area contributed by atoms with Crippen LogP contribution in [0.3, 0.4) is 0 Å². The van der Waals surface area contributed by atoms with Crippen molar-refractivity contribution >= 4 is 11.9 Å². The average molecular weight is 417 g/mol. The summed E-state index contributed by atoms with van der Waals surface area (Å²) in [6.07, 6.45) is 8.74. The molecule has 4 heterocycles. The smallest absolute Gasteiger partial charge is 0.212 e. The van der Waals surface area contributed by atoms with Gasteiger partial charge in [-0.25, -0.2) is 19.9 Å². The average Bonchev–Trinajstić information content (AvgIpc) is 3.36. The third kappa shape index (κ3) is 3.48. The topological polar surface area (TPSA) is 79.8 Å². The molecule has 1 aliphatic heterocycles. The highest BCUT2D eigenvalue weighted by atomic mass is 16.5. The van der Waals surface area contributed by atoms with Crippen LogP contribution in [0.2, 0.25) is 0 Å². The molecule has 3 aromatic rings. The maximum absolute atomic E-state index is 5.18. The lowest BCUT2D eigenvalue weighted by Gasteiger charge is -2.39. The monoisotopic (exact) mass is 416 g/mol. The Bertz CT molecular complexity index is 1140. The van der Waals surface area contributed by atoms with E-state index in [2.05, 4.69) is 51.7 Å². The summed E-state index contributed by atoms with van der Waals surface area (Å²) in [5.41, 5.74) is 6.73. The molecule has 1 aliphatic carbocycles. The summed E-state index contributed by atoms with van der Waals surface area (Å²) < 4.78 is 5.18. The first-order valence-corrected chi connectivity index (χ1v) is 10.8. The van der Waals surface area contributed by atoms with E-state index in [0.717, 1.165) is 66.6 Å². The number of methoxy groups -OCH3 is 1. The second kappa shape index (κ2) is 7.48. The Labute approximate surface area is 182 Å². The van der Waals surface area contributed by atoms with Gasteiger partial charge in [-0.05, 0) is 32.8 Å². The van der Waals surface area contributed by atoms with Crippen LogP contribution in [0.5, 0.6) is 5.88 Å². The lowest BCUT2D eigenvalue weighted by atomic mass is 9.79. The number of fused-ring (bicyclic) bond motifs is 1. The number of imidazole rings is 1. The fraction of sp³-hybridized carbons (Fsp3) is 0.417. The van der Waals surface area contributed by atoms with Crippen molar-refractivity contribution in [2.24, 2.45) is 0 Å². The van der Waals surface area contributed by atoms with Gasteiger partial charge in [0.25, 0.3) is 0 Å². The number of aromatic nitrogens is 5. The minimum Gasteiger partial charge on any atom is -0.481 e. The van der Waals surface area contributed by atoms with Gasteiger partial charge in [0.2, 0.25) is 5.88 Å². The molecule has 0 bridgehead atoms. The van der Waals surface area contributed by atoms with E-state index in [1.165, 1.54) is 11.1 Å². The van der Waals surface area contributed by atoms with Crippen LogP contribution in [0.4, 0.5) is 5.82 Å². The molecule has 7 nitrogen and oxygen atoms in total. The number of hydrogen-bond donors (Lipinski definition) is 1. The van der Waals surface area contributed by atoms with Gasteiger partial charge in [0, 0.05) is 54.0 Å². The number of allylic oxidation sites excluding steroid dienone is 1. The Morgan fingerprint density at radius 2 is 1.90 bits per heavy atom. The number of H-pyrrole nitrogens is 1. The molecule has 0 saturated carbocycles. The predicted molar refractivity (Wildman–Crippen MR) is 121 cm³/mol. The number of aromatic amines is 1. The summed E-state index contributed by atoms with van der Waals surface area (Å²) in [5, 5.41) is 0. The van der Waals surface area contributed by atoms with E-state index in [0.29, 0.717) is 5.88 Å². The van der Waals surface area contributed by atoms with E-state index in [-0.39, 0.29) is 5.41 Å². The normalized spacial score (nSPS) is 17.4. The van der Waals surface area contributed by atoms with Gasteiger partial charge in [0.15, 0.2) is 0 Å². The maximum atomic E-state index is 5.18. The largest absolute Gasteiger partial charge is 0.481 e. The van der Waals surface area contributed by atoms with Gasteiger partial charge in [0.05, 0.1) is 18.5 Å².